The van der Waals surface area contributed by atoms with E-state index in [0.717, 1.165) is 38.5 Å². The molecule has 13 heteroatoms. The molecule has 0 radical (unpaired) electrons. The molecule has 12 nitrogen and oxygen atoms in total. The summed E-state index contributed by atoms with van der Waals surface area (Å²) in [5.74, 6) is -0.397. The molecule has 0 amide bonds. The fraction of sp³-hybridized carbons (Fsp3) is 0.936. The van der Waals surface area contributed by atoms with E-state index in [-0.39, 0.29) is 19.6 Å². The minimum absolute atomic E-state index is 0.0412. The van der Waals surface area contributed by atoms with Crippen molar-refractivity contribution in [1.29, 1.82) is 0 Å². The molecule has 0 aromatic heterocycles. The third kappa shape index (κ3) is 32.5. The van der Waals surface area contributed by atoms with Crippen molar-refractivity contribution in [3.05, 3.63) is 12.2 Å². The Morgan fingerprint density at radius 1 is 0.617 bits per heavy atom. The Morgan fingerprint density at radius 3 is 1.50 bits per heavy atom. The van der Waals surface area contributed by atoms with Crippen molar-refractivity contribution < 1.29 is 56.2 Å². The van der Waals surface area contributed by atoms with Crippen LogP contribution in [0.2, 0.25) is 0 Å². The first-order chi connectivity index (χ1) is 29.1. The summed E-state index contributed by atoms with van der Waals surface area (Å²) in [7, 11) is -5.06. The molecule has 1 rings (SSSR count). The van der Waals surface area contributed by atoms with Gasteiger partial charge in [-0.05, 0) is 38.5 Å². The SMILES string of the molecule is CCCCCCCC/C=C\CCCCCCCCCCCC(=O)OC(COCCCCCCCCCCCCCCCC)COC1OC(CO)C(O)C(OS(=O)(=O)O)C1O. The van der Waals surface area contributed by atoms with Gasteiger partial charge in [-0.2, -0.15) is 8.42 Å². The van der Waals surface area contributed by atoms with Gasteiger partial charge in [0.05, 0.1) is 19.8 Å². The molecule has 1 aliphatic heterocycles. The smallest absolute Gasteiger partial charge is 0.397 e. The van der Waals surface area contributed by atoms with E-state index in [0.29, 0.717) is 13.0 Å². The monoisotopic (exact) mass is 879 g/mol. The van der Waals surface area contributed by atoms with Crippen molar-refractivity contribution in [3.63, 3.8) is 0 Å². The predicted molar refractivity (Wildman–Crippen MR) is 239 cm³/mol. The largest absolute Gasteiger partial charge is 0.457 e. The zero-order chi connectivity index (χ0) is 43.9. The van der Waals surface area contributed by atoms with Crippen LogP contribution in [-0.4, -0.2) is 97.5 Å². The summed E-state index contributed by atoms with van der Waals surface area (Å²) in [5.41, 5.74) is 0. The summed E-state index contributed by atoms with van der Waals surface area (Å²) in [6.07, 6.45) is 33.8. The molecule has 0 aromatic carbocycles. The highest BCUT2D eigenvalue weighted by molar-refractivity contribution is 7.80. The first-order valence-corrected chi connectivity index (χ1v) is 25.8. The number of ether oxygens (including phenoxy) is 4. The van der Waals surface area contributed by atoms with Crippen LogP contribution >= 0.6 is 0 Å². The summed E-state index contributed by atoms with van der Waals surface area (Å²) in [6, 6.07) is 0. The lowest BCUT2D eigenvalue weighted by Gasteiger charge is -2.41. The van der Waals surface area contributed by atoms with Crippen molar-refractivity contribution in [3.8, 4) is 0 Å². The van der Waals surface area contributed by atoms with E-state index in [2.05, 4.69) is 30.2 Å². The standard InChI is InChI=1S/C47H90O12S/c1-3-5-7-9-11-13-15-17-19-20-21-22-23-24-26-28-30-32-34-36-43(49)57-41(39-55-37-35-33-31-29-27-25-18-16-14-12-10-8-6-4-2)40-56-47-45(51)46(59-60(52,53)54)44(50)42(38-48)58-47/h17,19,41-42,44-48,50-51H,3-16,18,20-40H2,1-2H3,(H,52,53,54)/b19-17-. The number of rotatable bonds is 43. The molecule has 4 N–H and O–H groups in total. The van der Waals surface area contributed by atoms with Gasteiger partial charge in [0.2, 0.25) is 0 Å². The highest BCUT2D eigenvalue weighted by Crippen LogP contribution is 2.26. The average molecular weight is 879 g/mol. The summed E-state index contributed by atoms with van der Waals surface area (Å²) in [5, 5.41) is 30.7. The van der Waals surface area contributed by atoms with Crippen LogP contribution < -0.4 is 0 Å². The van der Waals surface area contributed by atoms with Gasteiger partial charge in [0.15, 0.2) is 6.29 Å². The van der Waals surface area contributed by atoms with Crippen LogP contribution in [0.3, 0.4) is 0 Å². The molecule has 1 heterocycles. The number of aliphatic hydroxyl groups excluding tert-OH is 3. The molecule has 1 aliphatic rings. The number of hydrogen-bond acceptors (Lipinski definition) is 11. The Balaban J connectivity index is 2.37. The van der Waals surface area contributed by atoms with Crippen LogP contribution in [0, 0.1) is 0 Å². The Kier molecular flexibility index (Phi) is 37.4. The van der Waals surface area contributed by atoms with E-state index in [1.54, 1.807) is 0 Å². The molecule has 6 unspecified atom stereocenters. The Labute approximate surface area is 366 Å². The second-order valence-electron chi connectivity index (χ2n) is 17.1. The predicted octanol–water partition coefficient (Wildman–Crippen LogP) is 10.6. The summed E-state index contributed by atoms with van der Waals surface area (Å²) in [6.45, 7) is 4.02. The van der Waals surface area contributed by atoms with Gasteiger partial charge < -0.3 is 34.3 Å². The van der Waals surface area contributed by atoms with E-state index in [1.165, 1.54) is 154 Å². The number of allylic oxidation sites excluding steroid dienone is 2. The van der Waals surface area contributed by atoms with E-state index in [9.17, 15) is 28.5 Å². The first-order valence-electron chi connectivity index (χ1n) is 24.4. The van der Waals surface area contributed by atoms with Gasteiger partial charge in [-0.15, -0.1) is 0 Å². The summed E-state index contributed by atoms with van der Waals surface area (Å²) < 4.78 is 59.1. The fourth-order valence-corrected chi connectivity index (χ4v) is 8.18. The molecule has 6 atom stereocenters. The second-order valence-corrected chi connectivity index (χ2v) is 18.1. The molecule has 0 aromatic rings. The van der Waals surface area contributed by atoms with Crippen LogP contribution in [-0.2, 0) is 38.3 Å². The van der Waals surface area contributed by atoms with Crippen LogP contribution in [0.5, 0.6) is 0 Å². The topological polar surface area (TPSA) is 178 Å². The number of hydrogen-bond donors (Lipinski definition) is 4. The van der Waals surface area contributed by atoms with Gasteiger partial charge in [-0.1, -0.05) is 187 Å². The maximum absolute atomic E-state index is 12.9. The fourth-order valence-electron chi connectivity index (χ4n) is 7.67. The van der Waals surface area contributed by atoms with E-state index < -0.39 is 59.8 Å². The van der Waals surface area contributed by atoms with E-state index >= 15 is 0 Å². The Morgan fingerprint density at radius 2 is 1.05 bits per heavy atom. The van der Waals surface area contributed by atoms with Gasteiger partial charge in [-0.25, -0.2) is 4.18 Å². The number of unbranched alkanes of at least 4 members (excludes halogenated alkanes) is 28. The van der Waals surface area contributed by atoms with E-state index in [4.69, 9.17) is 23.5 Å². The quantitative estimate of drug-likeness (QED) is 0.0197. The van der Waals surface area contributed by atoms with Crippen LogP contribution in [0.15, 0.2) is 12.2 Å². The molecule has 0 bridgehead atoms. The molecule has 1 fully saturated rings. The van der Waals surface area contributed by atoms with Gasteiger partial charge in [0, 0.05) is 13.0 Å². The molecular weight excluding hydrogens is 789 g/mol. The van der Waals surface area contributed by atoms with Gasteiger partial charge in [-0.3, -0.25) is 9.35 Å². The molecule has 0 saturated carbocycles. The van der Waals surface area contributed by atoms with Crippen molar-refractivity contribution in [2.45, 2.75) is 256 Å². The van der Waals surface area contributed by atoms with Crippen LogP contribution in [0.1, 0.15) is 219 Å². The maximum Gasteiger partial charge on any atom is 0.397 e. The second kappa shape index (κ2) is 39.4. The van der Waals surface area contributed by atoms with Crippen molar-refractivity contribution >= 4 is 16.4 Å². The van der Waals surface area contributed by atoms with Gasteiger partial charge >= 0.3 is 16.4 Å². The lowest BCUT2D eigenvalue weighted by atomic mass is 9.99. The minimum atomic E-state index is -5.06. The number of carbonyl (C=O) groups excluding carboxylic acids is 1. The maximum atomic E-state index is 12.9. The van der Waals surface area contributed by atoms with Crippen molar-refractivity contribution in [2.75, 3.05) is 26.4 Å². The lowest BCUT2D eigenvalue weighted by molar-refractivity contribution is -0.301. The van der Waals surface area contributed by atoms with Crippen LogP contribution in [0.4, 0.5) is 0 Å². The molecule has 356 valence electrons. The number of carbonyl (C=O) groups is 1. The van der Waals surface area contributed by atoms with Crippen molar-refractivity contribution in [2.24, 2.45) is 0 Å². The Hall–Kier alpha value is -1.16. The van der Waals surface area contributed by atoms with E-state index in [1.807, 2.05) is 0 Å². The molecule has 60 heavy (non-hydrogen) atoms. The third-order valence-corrected chi connectivity index (χ3v) is 11.9. The minimum Gasteiger partial charge on any atom is -0.457 e. The summed E-state index contributed by atoms with van der Waals surface area (Å²) in [4.78, 5) is 12.9. The highest BCUT2D eigenvalue weighted by atomic mass is 32.3. The third-order valence-electron chi connectivity index (χ3n) is 11.4. The number of esters is 1. The zero-order valence-corrected chi connectivity index (χ0v) is 38.9. The zero-order valence-electron chi connectivity index (χ0n) is 38.0. The molecule has 0 aliphatic carbocycles. The summed E-state index contributed by atoms with van der Waals surface area (Å²) >= 11 is 0. The lowest BCUT2D eigenvalue weighted by Crippen LogP contribution is -2.60. The molecule has 1 saturated heterocycles. The first kappa shape index (κ1) is 56.9. The molecule has 0 spiro atoms. The number of aliphatic hydroxyl groups is 3. The molecular formula is C47H90O12S. The van der Waals surface area contributed by atoms with Gasteiger partial charge in [0.25, 0.3) is 0 Å². The van der Waals surface area contributed by atoms with Gasteiger partial charge in [0.1, 0.15) is 30.5 Å². The average Bonchev–Trinajstić information content (AvgIpc) is 3.22. The Bertz CT molecular complexity index is 1110. The van der Waals surface area contributed by atoms with Crippen LogP contribution in [0.25, 0.3) is 0 Å². The normalized spacial score (nSPS) is 20.3. The van der Waals surface area contributed by atoms with Crippen molar-refractivity contribution in [1.82, 2.24) is 0 Å². The highest BCUT2D eigenvalue weighted by Gasteiger charge is 2.48.